The highest BCUT2D eigenvalue weighted by atomic mass is 28.3. The largest absolute Gasteiger partial charge is 0.290 e. The maximum absolute atomic E-state index is 4.85. The molecule has 0 bridgehead atoms. The lowest BCUT2D eigenvalue weighted by atomic mass is 9.81. The molecular formula is C21H31NSi. The molecule has 0 amide bonds. The Morgan fingerprint density at radius 1 is 1.26 bits per heavy atom. The molecule has 0 heterocycles. The van der Waals surface area contributed by atoms with Crippen molar-refractivity contribution in [3.05, 3.63) is 36.5 Å². The molecule has 0 saturated heterocycles. The minimum Gasteiger partial charge on any atom is -0.290 e. The molecule has 2 atom stereocenters. The van der Waals surface area contributed by atoms with Crippen LogP contribution >= 0.6 is 0 Å². The summed E-state index contributed by atoms with van der Waals surface area (Å²) < 4.78 is 0. The predicted octanol–water partition coefficient (Wildman–Crippen LogP) is 5.58. The van der Waals surface area contributed by atoms with Crippen LogP contribution in [0.1, 0.15) is 38.5 Å². The summed E-state index contributed by atoms with van der Waals surface area (Å²) in [6.45, 7) is 10.9. The first-order chi connectivity index (χ1) is 11.0. The van der Waals surface area contributed by atoms with Gasteiger partial charge in [-0.3, -0.25) is 4.99 Å². The van der Waals surface area contributed by atoms with Crippen LogP contribution in [0.5, 0.6) is 0 Å². The van der Waals surface area contributed by atoms with Gasteiger partial charge in [-0.25, -0.2) is 0 Å². The van der Waals surface area contributed by atoms with E-state index in [1.54, 1.807) is 0 Å². The van der Waals surface area contributed by atoms with Crippen LogP contribution < -0.4 is 0 Å². The van der Waals surface area contributed by atoms with Crippen LogP contribution in [0, 0.1) is 23.3 Å². The lowest BCUT2D eigenvalue weighted by Gasteiger charge is -2.24. The summed E-state index contributed by atoms with van der Waals surface area (Å²) in [6, 6.07) is 0.533. The maximum Gasteiger partial charge on any atom is 0.129 e. The third-order valence-corrected chi connectivity index (χ3v) is 5.48. The van der Waals surface area contributed by atoms with Crippen LogP contribution in [0.15, 0.2) is 41.4 Å². The van der Waals surface area contributed by atoms with Gasteiger partial charge in [0.2, 0.25) is 0 Å². The van der Waals surface area contributed by atoms with E-state index >= 15 is 0 Å². The molecule has 2 heteroatoms. The first-order valence-corrected chi connectivity index (χ1v) is 12.5. The second-order valence-electron chi connectivity index (χ2n) is 7.80. The van der Waals surface area contributed by atoms with Gasteiger partial charge in [-0.05, 0) is 24.3 Å². The van der Waals surface area contributed by atoms with E-state index in [4.69, 9.17) is 4.99 Å². The van der Waals surface area contributed by atoms with Gasteiger partial charge in [-0.15, -0.1) is 18.0 Å². The molecule has 124 valence electrons. The van der Waals surface area contributed by atoms with Gasteiger partial charge in [0.15, 0.2) is 0 Å². The Hall–Kier alpha value is -1.33. The fourth-order valence-electron chi connectivity index (χ4n) is 3.28. The summed E-state index contributed by atoms with van der Waals surface area (Å²) in [7, 11) is -1.28. The van der Waals surface area contributed by atoms with Crippen LogP contribution in [0.3, 0.4) is 0 Å². The average Bonchev–Trinajstić information content (AvgIpc) is 2.53. The fourth-order valence-corrected chi connectivity index (χ4v) is 3.91. The molecule has 0 aromatic heterocycles. The molecule has 1 fully saturated rings. The zero-order chi connectivity index (χ0) is 16.7. The minimum atomic E-state index is -1.28. The van der Waals surface area contributed by atoms with E-state index in [-0.39, 0.29) is 0 Å². The quantitative estimate of drug-likeness (QED) is 0.277. The summed E-state index contributed by atoms with van der Waals surface area (Å²) in [5.74, 6) is 4.22. The van der Waals surface area contributed by atoms with E-state index < -0.39 is 8.07 Å². The van der Waals surface area contributed by atoms with Crippen LogP contribution in [0.2, 0.25) is 19.6 Å². The molecule has 0 aromatic rings. The Morgan fingerprint density at radius 2 is 2.00 bits per heavy atom. The zero-order valence-electron chi connectivity index (χ0n) is 15.0. The number of rotatable bonds is 4. The van der Waals surface area contributed by atoms with E-state index in [9.17, 15) is 0 Å². The van der Waals surface area contributed by atoms with Gasteiger partial charge < -0.3 is 0 Å². The number of hydrogen-bond donors (Lipinski definition) is 0. The second-order valence-corrected chi connectivity index (χ2v) is 12.6. The Morgan fingerprint density at radius 3 is 2.65 bits per heavy atom. The first kappa shape index (κ1) is 18.0. The van der Waals surface area contributed by atoms with Gasteiger partial charge in [-0.2, -0.15) is 0 Å². The van der Waals surface area contributed by atoms with Crippen LogP contribution in [0.4, 0.5) is 0 Å². The van der Waals surface area contributed by atoms with Crippen molar-refractivity contribution in [2.75, 3.05) is 0 Å². The van der Waals surface area contributed by atoms with Crippen molar-refractivity contribution < 1.29 is 0 Å². The molecule has 1 nitrogen and oxygen atoms in total. The van der Waals surface area contributed by atoms with Gasteiger partial charge >= 0.3 is 0 Å². The monoisotopic (exact) mass is 325 g/mol. The molecule has 0 radical (unpaired) electrons. The van der Waals surface area contributed by atoms with Crippen LogP contribution in [0.25, 0.3) is 0 Å². The molecule has 2 aliphatic carbocycles. The van der Waals surface area contributed by atoms with Crippen molar-refractivity contribution in [1.29, 1.82) is 0 Å². The number of hydrogen-bond acceptors (Lipinski definition) is 1. The van der Waals surface area contributed by atoms with E-state index in [1.165, 1.54) is 37.7 Å². The molecule has 0 spiro atoms. The summed E-state index contributed by atoms with van der Waals surface area (Å²) in [4.78, 5) is 4.85. The van der Waals surface area contributed by atoms with Crippen molar-refractivity contribution in [1.82, 2.24) is 0 Å². The Bertz CT molecular complexity index is 545. The van der Waals surface area contributed by atoms with Crippen molar-refractivity contribution in [3.8, 4) is 11.5 Å². The summed E-state index contributed by atoms with van der Waals surface area (Å²) in [5.41, 5.74) is 4.78. The van der Waals surface area contributed by atoms with Gasteiger partial charge in [0.25, 0.3) is 0 Å². The SMILES string of the molecule is C=C[C@H]1C(C=NC2CCCCC2)=CC=C[C@@H]1CC#C[Si](C)(C)C. The van der Waals surface area contributed by atoms with Gasteiger partial charge in [0, 0.05) is 24.6 Å². The highest BCUT2D eigenvalue weighted by molar-refractivity contribution is 6.83. The molecule has 0 aromatic carbocycles. The van der Waals surface area contributed by atoms with Crippen LogP contribution in [-0.2, 0) is 0 Å². The van der Waals surface area contributed by atoms with E-state index in [2.05, 4.69) is 68.2 Å². The van der Waals surface area contributed by atoms with Gasteiger partial charge in [0.05, 0.1) is 0 Å². The lowest BCUT2D eigenvalue weighted by Crippen LogP contribution is -2.19. The van der Waals surface area contributed by atoms with Crippen molar-refractivity contribution in [2.45, 2.75) is 64.2 Å². The van der Waals surface area contributed by atoms with Crippen molar-refractivity contribution in [2.24, 2.45) is 16.8 Å². The van der Waals surface area contributed by atoms with Crippen molar-refractivity contribution >= 4 is 14.3 Å². The smallest absolute Gasteiger partial charge is 0.129 e. The van der Waals surface area contributed by atoms with E-state index in [0.717, 1.165) is 6.42 Å². The second kappa shape index (κ2) is 8.50. The minimum absolute atomic E-state index is 0.350. The third-order valence-electron chi connectivity index (χ3n) is 4.56. The number of nitrogens with zero attached hydrogens (tertiary/aromatic N) is 1. The Labute approximate surface area is 143 Å². The topological polar surface area (TPSA) is 12.4 Å². The number of aliphatic imine (C=N–C) groups is 1. The molecule has 23 heavy (non-hydrogen) atoms. The standard InChI is InChI=1S/C21H31NSi/c1-5-21-18(13-10-16-23(2,3)4)11-9-12-19(21)17-22-20-14-7-6-8-15-20/h5,9,11-12,17-18,20-21H,1,6-8,13-15H2,2-4H3/t18-,21-/m1/s1. The molecule has 2 aliphatic rings. The Kier molecular flexibility index (Phi) is 6.66. The summed E-state index contributed by atoms with van der Waals surface area (Å²) in [5, 5.41) is 0. The third kappa shape index (κ3) is 5.99. The van der Waals surface area contributed by atoms with Gasteiger partial charge in [-0.1, -0.05) is 63.2 Å². The zero-order valence-corrected chi connectivity index (χ0v) is 16.0. The predicted molar refractivity (Wildman–Crippen MR) is 106 cm³/mol. The average molecular weight is 326 g/mol. The maximum atomic E-state index is 4.85. The molecule has 0 aliphatic heterocycles. The molecule has 1 saturated carbocycles. The highest BCUT2D eigenvalue weighted by Crippen LogP contribution is 2.29. The Balaban J connectivity index is 2.01. The molecule has 0 N–H and O–H groups in total. The molecular weight excluding hydrogens is 294 g/mol. The van der Waals surface area contributed by atoms with Crippen LogP contribution in [-0.4, -0.2) is 20.3 Å². The van der Waals surface area contributed by atoms with E-state index in [1.807, 2.05) is 0 Å². The highest BCUT2D eigenvalue weighted by Gasteiger charge is 2.21. The van der Waals surface area contributed by atoms with Crippen molar-refractivity contribution in [3.63, 3.8) is 0 Å². The number of allylic oxidation sites excluding steroid dienone is 5. The molecule has 2 rings (SSSR count). The van der Waals surface area contributed by atoms with Gasteiger partial charge in [0.1, 0.15) is 8.07 Å². The fraction of sp³-hybridized carbons (Fsp3) is 0.571. The first-order valence-electron chi connectivity index (χ1n) is 9.04. The normalized spacial score (nSPS) is 25.8. The summed E-state index contributed by atoms with van der Waals surface area (Å²) >= 11 is 0. The van der Waals surface area contributed by atoms with E-state index in [0.29, 0.717) is 17.9 Å². The summed E-state index contributed by atoms with van der Waals surface area (Å²) in [6.07, 6.45) is 18.3. The molecule has 0 unspecified atom stereocenters. The lowest BCUT2D eigenvalue weighted by molar-refractivity contribution is 0.444.